The first-order valence-corrected chi connectivity index (χ1v) is 10.1. The fraction of sp³-hybridized carbons (Fsp3) is 0.429. The second-order valence-corrected chi connectivity index (χ2v) is 8.07. The summed E-state index contributed by atoms with van der Waals surface area (Å²) in [6.07, 6.45) is 7.35. The number of aromatic nitrogens is 2. The predicted molar refractivity (Wildman–Crippen MR) is 106 cm³/mol. The van der Waals surface area contributed by atoms with Gasteiger partial charge >= 0.3 is 0 Å². The van der Waals surface area contributed by atoms with Crippen LogP contribution in [0.25, 0.3) is 0 Å². The van der Waals surface area contributed by atoms with Crippen LogP contribution in [0.3, 0.4) is 0 Å². The molecule has 6 nitrogen and oxygen atoms in total. The summed E-state index contributed by atoms with van der Waals surface area (Å²) in [5, 5.41) is 6.87. The first kappa shape index (κ1) is 18.9. The molecule has 7 heteroatoms. The average molecular weight is 399 g/mol. The predicted octanol–water partition coefficient (Wildman–Crippen LogP) is 3.09. The van der Waals surface area contributed by atoms with E-state index in [0.717, 1.165) is 19.3 Å². The minimum absolute atomic E-state index is 0.0546. The Bertz CT molecular complexity index is 846. The summed E-state index contributed by atoms with van der Waals surface area (Å²) in [7, 11) is 0. The molecular weight excluding hydrogens is 376 g/mol. The van der Waals surface area contributed by atoms with Crippen molar-refractivity contribution in [1.82, 2.24) is 20.6 Å². The second-order valence-electron chi connectivity index (χ2n) is 7.63. The number of fused-ring (bicyclic) bond motifs is 1. The molecule has 2 fully saturated rings. The molecule has 146 valence electrons. The number of halogens is 1. The standard InChI is InChI=1S/C21H23ClN4O2/c1-2-17(26-20(27)12-3-5-13(22)6-4-12)19-15-9-14(10-16(15)19)25-21(28)18-11-23-7-8-24-18/h3-8,11,14-17,19H,2,9-10H2,1H3,(H,25,28)(H,26,27). The molecular formula is C21H23ClN4O2. The summed E-state index contributed by atoms with van der Waals surface area (Å²) >= 11 is 5.89. The van der Waals surface area contributed by atoms with E-state index >= 15 is 0 Å². The molecule has 3 unspecified atom stereocenters. The van der Waals surface area contributed by atoms with Gasteiger partial charge in [-0.25, -0.2) is 4.98 Å². The number of nitrogens with one attached hydrogen (secondary N) is 2. The Morgan fingerprint density at radius 1 is 1.14 bits per heavy atom. The third kappa shape index (κ3) is 3.87. The Balaban J connectivity index is 1.30. The van der Waals surface area contributed by atoms with Crippen molar-refractivity contribution >= 4 is 23.4 Å². The van der Waals surface area contributed by atoms with Gasteiger partial charge in [0.05, 0.1) is 6.20 Å². The van der Waals surface area contributed by atoms with Crippen molar-refractivity contribution in [3.8, 4) is 0 Å². The van der Waals surface area contributed by atoms with Crippen molar-refractivity contribution in [1.29, 1.82) is 0 Å². The number of carbonyl (C=O) groups excluding carboxylic acids is 2. The van der Waals surface area contributed by atoms with Crippen LogP contribution >= 0.6 is 11.6 Å². The molecule has 28 heavy (non-hydrogen) atoms. The Hall–Kier alpha value is -2.47. The van der Waals surface area contributed by atoms with Gasteiger partial charge in [0, 0.05) is 35.1 Å². The number of benzene rings is 1. The molecule has 2 aliphatic rings. The molecule has 4 rings (SSSR count). The maximum Gasteiger partial charge on any atom is 0.271 e. The normalized spacial score (nSPS) is 26.2. The molecule has 2 aliphatic carbocycles. The number of hydrogen-bond donors (Lipinski definition) is 2. The quantitative estimate of drug-likeness (QED) is 0.783. The molecule has 0 aliphatic heterocycles. The number of rotatable bonds is 6. The highest BCUT2D eigenvalue weighted by molar-refractivity contribution is 6.30. The summed E-state index contributed by atoms with van der Waals surface area (Å²) in [6.45, 7) is 2.11. The molecule has 3 atom stereocenters. The molecule has 0 saturated heterocycles. The van der Waals surface area contributed by atoms with Crippen LogP contribution in [0.5, 0.6) is 0 Å². The van der Waals surface area contributed by atoms with Crippen molar-refractivity contribution in [2.45, 2.75) is 38.3 Å². The third-order valence-corrected chi connectivity index (χ3v) is 6.22. The van der Waals surface area contributed by atoms with Gasteiger partial charge in [-0.2, -0.15) is 0 Å². The lowest BCUT2D eigenvalue weighted by molar-refractivity contribution is 0.0926. The number of hydrogen-bond acceptors (Lipinski definition) is 4. The van der Waals surface area contributed by atoms with Crippen LogP contribution in [0.4, 0.5) is 0 Å². The molecule has 0 bridgehead atoms. The Kier molecular flexibility index (Phi) is 5.31. The highest BCUT2D eigenvalue weighted by atomic mass is 35.5. The smallest absolute Gasteiger partial charge is 0.271 e. The summed E-state index contributed by atoms with van der Waals surface area (Å²) in [4.78, 5) is 32.7. The zero-order chi connectivity index (χ0) is 19.7. The Labute approximate surface area is 169 Å². The summed E-state index contributed by atoms with van der Waals surface area (Å²) < 4.78 is 0. The molecule has 2 amide bonds. The monoisotopic (exact) mass is 398 g/mol. The number of carbonyl (C=O) groups is 2. The van der Waals surface area contributed by atoms with E-state index in [1.165, 1.54) is 12.4 Å². The highest BCUT2D eigenvalue weighted by Gasteiger charge is 2.58. The van der Waals surface area contributed by atoms with Gasteiger partial charge in [0.1, 0.15) is 5.69 Å². The van der Waals surface area contributed by atoms with E-state index in [4.69, 9.17) is 11.6 Å². The first-order chi connectivity index (χ1) is 13.6. The van der Waals surface area contributed by atoms with Crippen molar-refractivity contribution in [2.75, 3.05) is 0 Å². The molecule has 0 spiro atoms. The molecule has 2 saturated carbocycles. The zero-order valence-corrected chi connectivity index (χ0v) is 16.4. The van der Waals surface area contributed by atoms with E-state index in [9.17, 15) is 9.59 Å². The minimum Gasteiger partial charge on any atom is -0.349 e. The van der Waals surface area contributed by atoms with E-state index < -0.39 is 0 Å². The van der Waals surface area contributed by atoms with Crippen LogP contribution < -0.4 is 10.6 Å². The lowest BCUT2D eigenvalue weighted by atomic mass is 9.99. The lowest BCUT2D eigenvalue weighted by Crippen LogP contribution is -2.39. The van der Waals surface area contributed by atoms with Crippen LogP contribution in [0.2, 0.25) is 5.02 Å². The van der Waals surface area contributed by atoms with Gasteiger partial charge in [0.25, 0.3) is 11.8 Å². The largest absolute Gasteiger partial charge is 0.349 e. The molecule has 1 heterocycles. The van der Waals surface area contributed by atoms with Gasteiger partial charge in [-0.3, -0.25) is 14.6 Å². The fourth-order valence-electron chi connectivity index (χ4n) is 4.61. The van der Waals surface area contributed by atoms with Crippen molar-refractivity contribution < 1.29 is 9.59 Å². The van der Waals surface area contributed by atoms with E-state index in [1.54, 1.807) is 30.5 Å². The van der Waals surface area contributed by atoms with Crippen LogP contribution in [0, 0.1) is 17.8 Å². The maximum atomic E-state index is 12.5. The molecule has 1 aromatic carbocycles. The highest BCUT2D eigenvalue weighted by Crippen LogP contribution is 2.59. The summed E-state index contributed by atoms with van der Waals surface area (Å²) in [6, 6.07) is 7.29. The van der Waals surface area contributed by atoms with Crippen molar-refractivity contribution in [3.05, 3.63) is 59.1 Å². The average Bonchev–Trinajstić information content (AvgIpc) is 3.20. The molecule has 1 aromatic heterocycles. The van der Waals surface area contributed by atoms with E-state index in [1.807, 2.05) is 0 Å². The molecule has 2 aromatic rings. The fourth-order valence-corrected chi connectivity index (χ4v) is 4.73. The van der Waals surface area contributed by atoms with Crippen LogP contribution in [0.1, 0.15) is 47.0 Å². The van der Waals surface area contributed by atoms with Gasteiger partial charge < -0.3 is 10.6 Å². The topological polar surface area (TPSA) is 84.0 Å². The number of amides is 2. The Morgan fingerprint density at radius 3 is 2.46 bits per heavy atom. The minimum atomic E-state index is -0.168. The van der Waals surface area contributed by atoms with Crippen LogP contribution in [0.15, 0.2) is 42.9 Å². The SMILES string of the molecule is CCC(NC(=O)c1ccc(Cl)cc1)C1C2CC(NC(=O)c3cnccn3)CC21. The van der Waals surface area contributed by atoms with E-state index in [0.29, 0.717) is 34.0 Å². The summed E-state index contributed by atoms with van der Waals surface area (Å²) in [5.74, 6) is 1.39. The molecule has 0 radical (unpaired) electrons. The van der Waals surface area contributed by atoms with Gasteiger partial charge in [0.15, 0.2) is 0 Å². The van der Waals surface area contributed by atoms with Gasteiger partial charge in [-0.1, -0.05) is 18.5 Å². The van der Waals surface area contributed by atoms with Crippen LogP contribution in [-0.2, 0) is 0 Å². The van der Waals surface area contributed by atoms with Gasteiger partial charge in [-0.15, -0.1) is 0 Å². The zero-order valence-electron chi connectivity index (χ0n) is 15.6. The van der Waals surface area contributed by atoms with E-state index in [-0.39, 0.29) is 23.9 Å². The van der Waals surface area contributed by atoms with Crippen molar-refractivity contribution in [2.24, 2.45) is 17.8 Å². The van der Waals surface area contributed by atoms with Gasteiger partial charge in [0.2, 0.25) is 0 Å². The third-order valence-electron chi connectivity index (χ3n) is 5.97. The molecule has 2 N–H and O–H groups in total. The Morgan fingerprint density at radius 2 is 1.86 bits per heavy atom. The van der Waals surface area contributed by atoms with E-state index in [2.05, 4.69) is 27.5 Å². The number of nitrogens with zero attached hydrogens (tertiary/aromatic N) is 2. The second kappa shape index (κ2) is 7.87. The van der Waals surface area contributed by atoms with Crippen LogP contribution in [-0.4, -0.2) is 33.9 Å². The maximum absolute atomic E-state index is 12.5. The van der Waals surface area contributed by atoms with Crippen molar-refractivity contribution in [3.63, 3.8) is 0 Å². The lowest BCUT2D eigenvalue weighted by Gasteiger charge is -2.22. The summed E-state index contributed by atoms with van der Waals surface area (Å²) in [5.41, 5.74) is 0.976. The first-order valence-electron chi connectivity index (χ1n) is 9.70. The van der Waals surface area contributed by atoms with Gasteiger partial charge in [-0.05, 0) is 61.3 Å².